The molecule has 202 valence electrons. The van der Waals surface area contributed by atoms with Crippen LogP contribution in [-0.4, -0.2) is 44.4 Å². The number of hydrogen-bond donors (Lipinski definition) is 1. The van der Waals surface area contributed by atoms with Gasteiger partial charge in [-0.15, -0.1) is 0 Å². The molecule has 2 aliphatic heterocycles. The summed E-state index contributed by atoms with van der Waals surface area (Å²) in [5, 5.41) is 11.7. The number of methoxy groups -OCH3 is 2. The highest BCUT2D eigenvalue weighted by Gasteiger charge is 2.47. The highest BCUT2D eigenvalue weighted by Crippen LogP contribution is 2.49. The van der Waals surface area contributed by atoms with E-state index in [1.165, 1.54) is 25.2 Å². The predicted octanol–water partition coefficient (Wildman–Crippen LogP) is 5.76. The Morgan fingerprint density at radius 2 is 1.69 bits per heavy atom. The summed E-state index contributed by atoms with van der Waals surface area (Å²) in [6.45, 7) is 2.37. The third-order valence-electron chi connectivity index (χ3n) is 6.38. The molecule has 0 radical (unpaired) electrons. The second-order valence-corrected chi connectivity index (χ2v) is 9.28. The number of nitrogens with zero attached hydrogens (tertiary/aromatic N) is 1. The molecular formula is C28H23Cl2NO8. The van der Waals surface area contributed by atoms with Gasteiger partial charge in [0.15, 0.2) is 23.0 Å². The highest BCUT2D eigenvalue weighted by atomic mass is 35.5. The maximum absolute atomic E-state index is 13.6. The van der Waals surface area contributed by atoms with E-state index in [1.807, 2.05) is 6.92 Å². The van der Waals surface area contributed by atoms with Crippen LogP contribution >= 0.6 is 23.2 Å². The summed E-state index contributed by atoms with van der Waals surface area (Å²) in [4.78, 5) is 28.4. The predicted molar refractivity (Wildman–Crippen MR) is 145 cm³/mol. The lowest BCUT2D eigenvalue weighted by atomic mass is 9.94. The first-order chi connectivity index (χ1) is 18.8. The van der Waals surface area contributed by atoms with Crippen LogP contribution in [0.3, 0.4) is 0 Å². The Morgan fingerprint density at radius 1 is 1.00 bits per heavy atom. The Morgan fingerprint density at radius 3 is 2.36 bits per heavy atom. The SMILES string of the molecule is CCOc1ccc(C2/C(=C(\O)c3cc(Cl)c(OC)c(Cl)c3OC)C(=O)C(=O)N2c2ccc3c(c2)OCO3)cc1. The minimum atomic E-state index is -1.02. The lowest BCUT2D eigenvalue weighted by Crippen LogP contribution is -2.29. The number of carbonyl (C=O) groups excluding carboxylic acids is 2. The number of aliphatic hydroxyl groups is 1. The fraction of sp³-hybridized carbons (Fsp3) is 0.214. The van der Waals surface area contributed by atoms with Crippen LogP contribution in [0.1, 0.15) is 24.1 Å². The van der Waals surface area contributed by atoms with Crippen LogP contribution < -0.4 is 28.6 Å². The number of hydrogen-bond acceptors (Lipinski definition) is 8. The van der Waals surface area contributed by atoms with Crippen molar-refractivity contribution in [3.63, 3.8) is 0 Å². The number of benzene rings is 3. The highest BCUT2D eigenvalue weighted by molar-refractivity contribution is 6.52. The van der Waals surface area contributed by atoms with Crippen molar-refractivity contribution >= 4 is 46.3 Å². The standard InChI is InChI=1S/C28H23Cl2NO8/c1-4-37-16-8-5-14(6-9-16)23-21(24(32)17-12-18(29)27(36-3)22(30)26(17)35-2)25(33)28(34)31(23)15-7-10-19-20(11-15)39-13-38-19/h5-12,23,32H,4,13H2,1-3H3/b24-21+. The van der Waals surface area contributed by atoms with Gasteiger partial charge < -0.3 is 28.8 Å². The molecule has 1 unspecified atom stereocenters. The summed E-state index contributed by atoms with van der Waals surface area (Å²) in [7, 11) is 2.73. The Bertz CT molecular complexity index is 1500. The van der Waals surface area contributed by atoms with E-state index < -0.39 is 23.5 Å². The molecule has 0 spiro atoms. The molecule has 11 heteroatoms. The zero-order valence-corrected chi connectivity index (χ0v) is 22.6. The molecule has 1 saturated heterocycles. The molecular weight excluding hydrogens is 549 g/mol. The fourth-order valence-corrected chi connectivity index (χ4v) is 5.34. The minimum absolute atomic E-state index is 0.00309. The monoisotopic (exact) mass is 571 g/mol. The molecule has 3 aromatic rings. The zero-order chi connectivity index (χ0) is 27.8. The van der Waals surface area contributed by atoms with Gasteiger partial charge in [-0.05, 0) is 42.8 Å². The first-order valence-electron chi connectivity index (χ1n) is 11.8. The van der Waals surface area contributed by atoms with Gasteiger partial charge in [0, 0.05) is 11.8 Å². The molecule has 0 aromatic heterocycles. The van der Waals surface area contributed by atoms with Crippen molar-refractivity contribution in [2.75, 3.05) is 32.5 Å². The molecule has 3 aromatic carbocycles. The first kappa shape index (κ1) is 26.5. The van der Waals surface area contributed by atoms with Gasteiger partial charge in [-0.1, -0.05) is 35.3 Å². The molecule has 2 aliphatic rings. The first-order valence-corrected chi connectivity index (χ1v) is 12.6. The number of amides is 1. The maximum atomic E-state index is 13.6. The van der Waals surface area contributed by atoms with Crippen molar-refractivity contribution < 1.29 is 38.4 Å². The third-order valence-corrected chi connectivity index (χ3v) is 7.00. The Kier molecular flexibility index (Phi) is 7.20. The van der Waals surface area contributed by atoms with E-state index in [4.69, 9.17) is 46.9 Å². The normalized spacial score (nSPS) is 17.5. The summed E-state index contributed by atoms with van der Waals surface area (Å²) in [5.41, 5.74) is 0.754. The lowest BCUT2D eigenvalue weighted by Gasteiger charge is -2.26. The van der Waals surface area contributed by atoms with Gasteiger partial charge in [0.1, 0.15) is 16.5 Å². The van der Waals surface area contributed by atoms with E-state index in [2.05, 4.69) is 0 Å². The van der Waals surface area contributed by atoms with Gasteiger partial charge >= 0.3 is 0 Å². The van der Waals surface area contributed by atoms with E-state index in [0.29, 0.717) is 35.1 Å². The van der Waals surface area contributed by atoms with E-state index in [0.717, 1.165) is 0 Å². The molecule has 2 heterocycles. The van der Waals surface area contributed by atoms with Gasteiger partial charge in [-0.2, -0.15) is 0 Å². The number of fused-ring (bicyclic) bond motifs is 1. The van der Waals surface area contributed by atoms with E-state index >= 15 is 0 Å². The number of aliphatic hydroxyl groups excluding tert-OH is 1. The average Bonchev–Trinajstić information content (AvgIpc) is 3.50. The second-order valence-electron chi connectivity index (χ2n) is 8.50. The van der Waals surface area contributed by atoms with Crippen LogP contribution in [0.5, 0.6) is 28.7 Å². The van der Waals surface area contributed by atoms with Crippen molar-refractivity contribution in [2.45, 2.75) is 13.0 Å². The summed E-state index contributed by atoms with van der Waals surface area (Å²) in [6.07, 6.45) is 0. The van der Waals surface area contributed by atoms with Gasteiger partial charge in [0.25, 0.3) is 11.7 Å². The van der Waals surface area contributed by atoms with Crippen LogP contribution in [0, 0.1) is 0 Å². The molecule has 0 bridgehead atoms. The van der Waals surface area contributed by atoms with Crippen molar-refractivity contribution in [1.82, 2.24) is 0 Å². The zero-order valence-electron chi connectivity index (χ0n) is 21.1. The Labute approximate surface area is 234 Å². The van der Waals surface area contributed by atoms with Crippen molar-refractivity contribution in [1.29, 1.82) is 0 Å². The molecule has 1 amide bonds. The largest absolute Gasteiger partial charge is 0.507 e. The molecule has 1 N–H and O–H groups in total. The molecule has 1 atom stereocenters. The summed E-state index contributed by atoms with van der Waals surface area (Å²) in [5.74, 6) is -0.565. The third kappa shape index (κ3) is 4.47. The smallest absolute Gasteiger partial charge is 0.300 e. The number of carbonyl (C=O) groups is 2. The number of rotatable bonds is 7. The Hall–Kier alpha value is -4.08. The van der Waals surface area contributed by atoms with Gasteiger partial charge in [-0.25, -0.2) is 0 Å². The van der Waals surface area contributed by atoms with Gasteiger partial charge in [0.05, 0.1) is 43.0 Å². The molecule has 0 aliphatic carbocycles. The summed E-state index contributed by atoms with van der Waals surface area (Å²) in [6, 6.07) is 12.1. The molecule has 1 fully saturated rings. The number of ether oxygens (including phenoxy) is 5. The molecule has 39 heavy (non-hydrogen) atoms. The maximum Gasteiger partial charge on any atom is 0.300 e. The number of halogens is 2. The number of ketones is 1. The topological polar surface area (TPSA) is 104 Å². The van der Waals surface area contributed by atoms with Gasteiger partial charge in [0.2, 0.25) is 6.79 Å². The Balaban J connectivity index is 1.73. The average molecular weight is 572 g/mol. The second kappa shape index (κ2) is 10.6. The van der Waals surface area contributed by atoms with Gasteiger partial charge in [-0.3, -0.25) is 14.5 Å². The summed E-state index contributed by atoms with van der Waals surface area (Å²) < 4.78 is 27.1. The van der Waals surface area contributed by atoms with Crippen LogP contribution in [0.4, 0.5) is 5.69 Å². The quantitative estimate of drug-likeness (QED) is 0.217. The molecule has 9 nitrogen and oxygen atoms in total. The van der Waals surface area contributed by atoms with Crippen LogP contribution in [0.25, 0.3) is 5.76 Å². The van der Waals surface area contributed by atoms with Crippen LogP contribution in [0.2, 0.25) is 10.0 Å². The van der Waals surface area contributed by atoms with E-state index in [9.17, 15) is 14.7 Å². The number of anilines is 1. The minimum Gasteiger partial charge on any atom is -0.507 e. The van der Waals surface area contributed by atoms with Crippen molar-refractivity contribution in [3.05, 3.63) is 75.3 Å². The van der Waals surface area contributed by atoms with Crippen LogP contribution in [0.15, 0.2) is 54.1 Å². The van der Waals surface area contributed by atoms with E-state index in [-0.39, 0.29) is 39.5 Å². The number of Topliss-reactive ketones (excluding diaryl/α,β-unsaturated/α-hetero) is 1. The van der Waals surface area contributed by atoms with Crippen LogP contribution in [-0.2, 0) is 9.59 Å². The molecule has 0 saturated carbocycles. The fourth-order valence-electron chi connectivity index (χ4n) is 4.65. The van der Waals surface area contributed by atoms with E-state index in [1.54, 1.807) is 42.5 Å². The molecule has 5 rings (SSSR count). The lowest BCUT2D eigenvalue weighted by molar-refractivity contribution is -0.132. The van der Waals surface area contributed by atoms with Crippen molar-refractivity contribution in [3.8, 4) is 28.7 Å². The van der Waals surface area contributed by atoms with Crippen molar-refractivity contribution in [2.24, 2.45) is 0 Å². The summed E-state index contributed by atoms with van der Waals surface area (Å²) >= 11 is 12.8.